The number of urea groups is 1. The number of carbonyl (C=O) groups is 1. The lowest BCUT2D eigenvalue weighted by molar-refractivity contribution is 0.158. The van der Waals surface area contributed by atoms with Gasteiger partial charge in [0.15, 0.2) is 0 Å². The fraction of sp³-hybridized carbons (Fsp3) is 0.321. The molecule has 4 rings (SSSR count). The molecule has 31 heavy (non-hydrogen) atoms. The molecular weight excluding hydrogens is 380 g/mol. The number of nitrogens with zero attached hydrogens (tertiary/aromatic N) is 1. The van der Waals surface area contributed by atoms with Gasteiger partial charge in [0.25, 0.3) is 0 Å². The summed E-state index contributed by atoms with van der Waals surface area (Å²) in [6.07, 6.45) is 4.31. The molecule has 0 radical (unpaired) electrons. The van der Waals surface area contributed by atoms with Crippen LogP contribution in [-0.4, -0.2) is 17.0 Å². The summed E-state index contributed by atoms with van der Waals surface area (Å²) in [4.78, 5) is 15.5. The third-order valence-electron chi connectivity index (χ3n) is 6.58. The Kier molecular flexibility index (Phi) is 6.71. The highest BCUT2D eigenvalue weighted by Gasteiger charge is 2.30. The minimum absolute atomic E-state index is 0.00409. The fourth-order valence-electron chi connectivity index (χ4n) is 4.78. The number of hydrogen-bond acceptors (Lipinski definition) is 1. The van der Waals surface area contributed by atoms with Crippen LogP contribution in [0.2, 0.25) is 0 Å². The first-order chi connectivity index (χ1) is 15.1. The zero-order valence-electron chi connectivity index (χ0n) is 18.6. The maximum Gasteiger partial charge on any atom is 0.322 e. The molecule has 0 spiro atoms. The number of rotatable bonds is 5. The van der Waals surface area contributed by atoms with Crippen LogP contribution in [0.1, 0.15) is 53.9 Å². The zero-order valence-corrected chi connectivity index (χ0v) is 18.6. The minimum Gasteiger partial charge on any atom is -0.317 e. The van der Waals surface area contributed by atoms with Gasteiger partial charge < -0.3 is 10.2 Å². The second-order valence-corrected chi connectivity index (χ2v) is 8.73. The lowest BCUT2D eigenvalue weighted by Gasteiger charge is -2.37. The number of nitrogens with one attached hydrogen (secondary N) is 1. The van der Waals surface area contributed by atoms with Crippen LogP contribution in [-0.2, 0) is 6.54 Å². The zero-order chi connectivity index (χ0) is 21.6. The summed E-state index contributed by atoms with van der Waals surface area (Å²) < 4.78 is 0. The Morgan fingerprint density at radius 2 is 1.39 bits per heavy atom. The van der Waals surface area contributed by atoms with Gasteiger partial charge in [-0.2, -0.15) is 0 Å². The molecule has 3 nitrogen and oxygen atoms in total. The molecule has 0 atom stereocenters. The van der Waals surface area contributed by atoms with Crippen LogP contribution in [0, 0.1) is 13.8 Å². The van der Waals surface area contributed by atoms with E-state index < -0.39 is 0 Å². The number of carbonyl (C=O) groups excluding carboxylic acids is 1. The van der Waals surface area contributed by atoms with Crippen LogP contribution in [0.3, 0.4) is 0 Å². The van der Waals surface area contributed by atoms with Gasteiger partial charge in [-0.15, -0.1) is 0 Å². The molecule has 0 unspecified atom stereocenters. The number of para-hydroxylation sites is 1. The molecule has 1 aliphatic carbocycles. The molecule has 1 aliphatic rings. The summed E-state index contributed by atoms with van der Waals surface area (Å²) in [5.41, 5.74) is 5.73. The van der Waals surface area contributed by atoms with Crippen LogP contribution in [0.5, 0.6) is 0 Å². The Morgan fingerprint density at radius 1 is 0.806 bits per heavy atom. The Hall–Kier alpha value is -3.07. The predicted molar refractivity (Wildman–Crippen MR) is 128 cm³/mol. The first-order valence-electron chi connectivity index (χ1n) is 11.3. The van der Waals surface area contributed by atoms with Crippen LogP contribution in [0.15, 0.2) is 78.9 Å². The molecule has 3 aromatic rings. The van der Waals surface area contributed by atoms with E-state index in [1.807, 2.05) is 24.3 Å². The van der Waals surface area contributed by atoms with Gasteiger partial charge in [-0.3, -0.25) is 0 Å². The number of aryl methyl sites for hydroxylation is 2. The topological polar surface area (TPSA) is 32.3 Å². The summed E-state index contributed by atoms with van der Waals surface area (Å²) in [7, 11) is 0. The van der Waals surface area contributed by atoms with Crippen molar-refractivity contribution in [1.82, 2.24) is 4.90 Å². The minimum atomic E-state index is 0.00409. The van der Waals surface area contributed by atoms with Crippen molar-refractivity contribution in [2.75, 3.05) is 5.32 Å². The highest BCUT2D eigenvalue weighted by atomic mass is 16.2. The van der Waals surface area contributed by atoms with Crippen molar-refractivity contribution in [3.8, 4) is 0 Å². The second-order valence-electron chi connectivity index (χ2n) is 8.73. The molecule has 3 heteroatoms. The molecule has 0 saturated heterocycles. The Bertz CT molecular complexity index is 972. The van der Waals surface area contributed by atoms with E-state index in [9.17, 15) is 4.79 Å². The van der Waals surface area contributed by atoms with Crippen molar-refractivity contribution in [1.29, 1.82) is 0 Å². The lowest BCUT2D eigenvalue weighted by atomic mass is 9.81. The normalized spacial score (nSPS) is 18.4. The Labute approximate surface area is 186 Å². The molecule has 0 heterocycles. The van der Waals surface area contributed by atoms with E-state index in [2.05, 4.69) is 78.7 Å². The molecule has 160 valence electrons. The van der Waals surface area contributed by atoms with Gasteiger partial charge in [0.1, 0.15) is 0 Å². The van der Waals surface area contributed by atoms with E-state index in [1.54, 1.807) is 0 Å². The van der Waals surface area contributed by atoms with E-state index in [0.717, 1.165) is 42.5 Å². The number of anilines is 1. The van der Waals surface area contributed by atoms with Crippen molar-refractivity contribution in [2.45, 2.75) is 58.0 Å². The lowest BCUT2D eigenvalue weighted by Crippen LogP contribution is -2.44. The van der Waals surface area contributed by atoms with Gasteiger partial charge in [-0.25, -0.2) is 4.79 Å². The largest absolute Gasteiger partial charge is 0.322 e. The summed E-state index contributed by atoms with van der Waals surface area (Å²) in [5, 5.41) is 3.23. The first kappa shape index (κ1) is 21.2. The van der Waals surface area contributed by atoms with Crippen molar-refractivity contribution in [3.63, 3.8) is 0 Å². The van der Waals surface area contributed by atoms with Crippen LogP contribution in [0.25, 0.3) is 0 Å². The quantitative estimate of drug-likeness (QED) is 0.478. The highest BCUT2D eigenvalue weighted by Crippen LogP contribution is 2.35. The fourth-order valence-corrected chi connectivity index (χ4v) is 4.78. The summed E-state index contributed by atoms with van der Waals surface area (Å²) >= 11 is 0. The monoisotopic (exact) mass is 412 g/mol. The van der Waals surface area contributed by atoms with Gasteiger partial charge in [0, 0.05) is 18.3 Å². The summed E-state index contributed by atoms with van der Waals surface area (Å²) in [5.74, 6) is 0.595. The third kappa shape index (κ3) is 5.16. The van der Waals surface area contributed by atoms with E-state index in [1.165, 1.54) is 11.1 Å². The first-order valence-corrected chi connectivity index (χ1v) is 11.3. The standard InChI is InChI=1S/C28H32N2O/c1-21-10-9-11-22(2)27(21)29-28(31)30(20-23-12-5-3-6-13-23)26-18-16-25(17-19-26)24-14-7-4-8-15-24/h3-15,25-26H,16-20H2,1-2H3,(H,29,31)/t25-,26-. The van der Waals surface area contributed by atoms with Crippen LogP contribution < -0.4 is 5.32 Å². The summed E-state index contributed by atoms with van der Waals surface area (Å²) in [6, 6.07) is 27.5. The summed E-state index contributed by atoms with van der Waals surface area (Å²) in [6.45, 7) is 4.74. The number of benzene rings is 3. The van der Waals surface area contributed by atoms with Crippen molar-refractivity contribution in [2.24, 2.45) is 0 Å². The van der Waals surface area contributed by atoms with Crippen molar-refractivity contribution < 1.29 is 4.79 Å². The SMILES string of the molecule is Cc1cccc(C)c1NC(=O)N(Cc1ccccc1)[C@H]1CC[C@H](c2ccccc2)CC1. The predicted octanol–water partition coefficient (Wildman–Crippen LogP) is 7.06. The van der Waals surface area contributed by atoms with E-state index in [4.69, 9.17) is 0 Å². The molecule has 0 aromatic heterocycles. The molecule has 3 aromatic carbocycles. The Morgan fingerprint density at radius 3 is 2.00 bits per heavy atom. The van der Waals surface area contributed by atoms with Gasteiger partial charge in [0.2, 0.25) is 0 Å². The maximum atomic E-state index is 13.5. The smallest absolute Gasteiger partial charge is 0.317 e. The van der Waals surface area contributed by atoms with Gasteiger partial charge in [-0.05, 0) is 67.7 Å². The van der Waals surface area contributed by atoms with Crippen LogP contribution in [0.4, 0.5) is 10.5 Å². The molecule has 1 N–H and O–H groups in total. The molecular formula is C28H32N2O. The van der Waals surface area contributed by atoms with E-state index in [0.29, 0.717) is 12.5 Å². The Balaban J connectivity index is 1.51. The maximum absolute atomic E-state index is 13.5. The van der Waals surface area contributed by atoms with Crippen molar-refractivity contribution >= 4 is 11.7 Å². The highest BCUT2D eigenvalue weighted by molar-refractivity contribution is 5.91. The average Bonchev–Trinajstić information content (AvgIpc) is 2.81. The number of hydrogen-bond donors (Lipinski definition) is 1. The van der Waals surface area contributed by atoms with Gasteiger partial charge in [0.05, 0.1) is 0 Å². The molecule has 0 bridgehead atoms. The third-order valence-corrected chi connectivity index (χ3v) is 6.58. The van der Waals surface area contributed by atoms with E-state index >= 15 is 0 Å². The van der Waals surface area contributed by atoms with Crippen molar-refractivity contribution in [3.05, 3.63) is 101 Å². The molecule has 1 saturated carbocycles. The molecule has 1 fully saturated rings. The van der Waals surface area contributed by atoms with E-state index in [-0.39, 0.29) is 12.1 Å². The van der Waals surface area contributed by atoms with Gasteiger partial charge >= 0.3 is 6.03 Å². The second kappa shape index (κ2) is 9.82. The molecule has 0 aliphatic heterocycles. The van der Waals surface area contributed by atoms with Crippen LogP contribution >= 0.6 is 0 Å². The number of amides is 2. The average molecular weight is 413 g/mol. The van der Waals surface area contributed by atoms with Gasteiger partial charge in [-0.1, -0.05) is 78.9 Å². The molecule has 2 amide bonds.